The Bertz CT molecular complexity index is 458. The van der Waals surface area contributed by atoms with Crippen molar-refractivity contribution >= 4 is 11.9 Å². The Morgan fingerprint density at radius 2 is 2.17 bits per heavy atom. The van der Waals surface area contributed by atoms with Gasteiger partial charge in [0.15, 0.2) is 0 Å². The maximum absolute atomic E-state index is 12.1. The molecule has 1 saturated heterocycles. The summed E-state index contributed by atoms with van der Waals surface area (Å²) < 4.78 is 5.31. The van der Waals surface area contributed by atoms with E-state index < -0.39 is 23.5 Å². The van der Waals surface area contributed by atoms with E-state index in [-0.39, 0.29) is 12.3 Å². The zero-order chi connectivity index (χ0) is 13.5. The highest BCUT2D eigenvalue weighted by Crippen LogP contribution is 2.42. The predicted octanol–water partition coefficient (Wildman–Crippen LogP) is 2.05. The number of rotatable bonds is 2. The second-order valence-electron chi connectivity index (χ2n) is 5.54. The molecule has 2 unspecified atom stereocenters. The standard InChI is InChI=1S/C13H17NO4/c1-13(2,3)14-10(15)7-8(12(16)17)11(14)9-5-4-6-18-9/h4-6,8,11H,7H2,1-3H3,(H,16,17). The van der Waals surface area contributed by atoms with E-state index in [1.165, 1.54) is 6.26 Å². The van der Waals surface area contributed by atoms with Crippen LogP contribution in [0.3, 0.4) is 0 Å². The Morgan fingerprint density at radius 3 is 2.61 bits per heavy atom. The molecule has 18 heavy (non-hydrogen) atoms. The number of hydrogen-bond donors (Lipinski definition) is 1. The van der Waals surface area contributed by atoms with Crippen molar-refractivity contribution < 1.29 is 19.1 Å². The van der Waals surface area contributed by atoms with Gasteiger partial charge in [0.1, 0.15) is 11.8 Å². The molecule has 5 nitrogen and oxygen atoms in total. The predicted molar refractivity (Wildman–Crippen MR) is 63.8 cm³/mol. The summed E-state index contributed by atoms with van der Waals surface area (Å²) in [4.78, 5) is 25.0. The molecule has 0 aromatic carbocycles. The van der Waals surface area contributed by atoms with Gasteiger partial charge in [0.25, 0.3) is 0 Å². The van der Waals surface area contributed by atoms with Gasteiger partial charge in [-0.1, -0.05) is 0 Å². The summed E-state index contributed by atoms with van der Waals surface area (Å²) in [5.41, 5.74) is -0.432. The van der Waals surface area contributed by atoms with Crippen molar-refractivity contribution in [1.29, 1.82) is 0 Å². The maximum atomic E-state index is 12.1. The lowest BCUT2D eigenvalue weighted by atomic mass is 9.96. The fourth-order valence-corrected chi connectivity index (χ4v) is 2.53. The number of carbonyl (C=O) groups is 2. The molecule has 0 bridgehead atoms. The lowest BCUT2D eigenvalue weighted by molar-refractivity contribution is -0.143. The lowest BCUT2D eigenvalue weighted by Crippen LogP contribution is -2.44. The van der Waals surface area contributed by atoms with Crippen LogP contribution >= 0.6 is 0 Å². The number of carboxylic acids is 1. The number of nitrogens with zero attached hydrogens (tertiary/aromatic N) is 1. The van der Waals surface area contributed by atoms with E-state index >= 15 is 0 Å². The van der Waals surface area contributed by atoms with Crippen LogP contribution in [0.4, 0.5) is 0 Å². The third-order valence-corrected chi connectivity index (χ3v) is 3.20. The molecule has 1 aromatic heterocycles. The third-order valence-electron chi connectivity index (χ3n) is 3.20. The third kappa shape index (κ3) is 2.00. The number of furan rings is 1. The molecular formula is C13H17NO4. The largest absolute Gasteiger partial charge is 0.481 e. The Balaban J connectivity index is 2.45. The first-order chi connectivity index (χ1) is 8.32. The van der Waals surface area contributed by atoms with Gasteiger partial charge in [-0.2, -0.15) is 0 Å². The molecule has 1 N–H and O–H groups in total. The fraction of sp³-hybridized carbons (Fsp3) is 0.538. The summed E-state index contributed by atoms with van der Waals surface area (Å²) >= 11 is 0. The van der Waals surface area contributed by atoms with Crippen molar-refractivity contribution in [3.8, 4) is 0 Å². The van der Waals surface area contributed by atoms with Gasteiger partial charge in [-0.05, 0) is 32.9 Å². The second kappa shape index (κ2) is 4.15. The molecule has 1 amide bonds. The molecule has 1 aliphatic heterocycles. The zero-order valence-electron chi connectivity index (χ0n) is 10.7. The monoisotopic (exact) mass is 251 g/mol. The minimum absolute atomic E-state index is 0.0258. The van der Waals surface area contributed by atoms with Gasteiger partial charge in [0, 0.05) is 12.0 Å². The average molecular weight is 251 g/mol. The highest BCUT2D eigenvalue weighted by Gasteiger charge is 2.49. The smallest absolute Gasteiger partial charge is 0.309 e. The molecule has 1 aromatic rings. The van der Waals surface area contributed by atoms with Gasteiger partial charge >= 0.3 is 5.97 Å². The van der Waals surface area contributed by atoms with Crippen LogP contribution in [0.2, 0.25) is 0 Å². The number of carbonyl (C=O) groups excluding carboxylic acids is 1. The van der Waals surface area contributed by atoms with Crippen LogP contribution in [0.5, 0.6) is 0 Å². The van der Waals surface area contributed by atoms with E-state index in [1.807, 2.05) is 20.8 Å². The summed E-state index contributed by atoms with van der Waals surface area (Å²) in [5, 5.41) is 9.26. The zero-order valence-corrected chi connectivity index (χ0v) is 10.7. The molecule has 0 saturated carbocycles. The van der Waals surface area contributed by atoms with E-state index in [2.05, 4.69) is 0 Å². The Labute approximate surface area is 105 Å². The topological polar surface area (TPSA) is 70.8 Å². The first kappa shape index (κ1) is 12.7. The SMILES string of the molecule is CC(C)(C)N1C(=O)CC(C(=O)O)C1c1ccco1. The van der Waals surface area contributed by atoms with Crippen LogP contribution in [-0.2, 0) is 9.59 Å². The molecule has 0 spiro atoms. The fourth-order valence-electron chi connectivity index (χ4n) is 2.53. The van der Waals surface area contributed by atoms with Gasteiger partial charge in [-0.25, -0.2) is 0 Å². The molecule has 2 atom stereocenters. The second-order valence-corrected chi connectivity index (χ2v) is 5.54. The van der Waals surface area contributed by atoms with Crippen molar-refractivity contribution in [3.05, 3.63) is 24.2 Å². The van der Waals surface area contributed by atoms with E-state index in [9.17, 15) is 14.7 Å². The van der Waals surface area contributed by atoms with Crippen LogP contribution in [0.15, 0.2) is 22.8 Å². The average Bonchev–Trinajstić information content (AvgIpc) is 2.81. The maximum Gasteiger partial charge on any atom is 0.309 e. The van der Waals surface area contributed by atoms with Crippen molar-refractivity contribution in [3.63, 3.8) is 0 Å². The summed E-state index contributed by atoms with van der Waals surface area (Å²) in [6.45, 7) is 5.68. The number of hydrogen-bond acceptors (Lipinski definition) is 3. The Morgan fingerprint density at radius 1 is 1.50 bits per heavy atom. The summed E-state index contributed by atoms with van der Waals surface area (Å²) in [6, 6.07) is 2.90. The van der Waals surface area contributed by atoms with Gasteiger partial charge in [0.05, 0.1) is 12.2 Å². The van der Waals surface area contributed by atoms with Gasteiger partial charge < -0.3 is 14.4 Å². The highest BCUT2D eigenvalue weighted by atomic mass is 16.4. The number of amides is 1. The molecule has 5 heteroatoms. The van der Waals surface area contributed by atoms with Crippen LogP contribution in [0, 0.1) is 5.92 Å². The number of aliphatic carboxylic acids is 1. The van der Waals surface area contributed by atoms with E-state index in [1.54, 1.807) is 17.0 Å². The minimum Gasteiger partial charge on any atom is -0.481 e. The molecule has 0 radical (unpaired) electrons. The van der Waals surface area contributed by atoms with E-state index in [0.717, 1.165) is 0 Å². The Kier molecular flexibility index (Phi) is 2.92. The van der Waals surface area contributed by atoms with Crippen molar-refractivity contribution in [2.75, 3.05) is 0 Å². The number of carboxylic acid groups (broad SMARTS) is 1. The summed E-state index contributed by atoms with van der Waals surface area (Å²) in [5.74, 6) is -1.32. The molecular weight excluding hydrogens is 234 g/mol. The minimum atomic E-state index is -0.962. The lowest BCUT2D eigenvalue weighted by Gasteiger charge is -2.37. The van der Waals surface area contributed by atoms with Crippen LogP contribution in [0.1, 0.15) is 39.0 Å². The normalized spacial score (nSPS) is 24.6. The van der Waals surface area contributed by atoms with Crippen LogP contribution in [0.25, 0.3) is 0 Å². The highest BCUT2D eigenvalue weighted by molar-refractivity contribution is 5.87. The molecule has 1 fully saturated rings. The van der Waals surface area contributed by atoms with Crippen molar-refractivity contribution in [1.82, 2.24) is 4.90 Å². The van der Waals surface area contributed by atoms with Crippen molar-refractivity contribution in [2.45, 2.75) is 38.8 Å². The molecule has 2 heterocycles. The quantitative estimate of drug-likeness (QED) is 0.873. The van der Waals surface area contributed by atoms with Crippen LogP contribution < -0.4 is 0 Å². The van der Waals surface area contributed by atoms with E-state index in [4.69, 9.17) is 4.42 Å². The summed E-state index contributed by atoms with van der Waals surface area (Å²) in [6.07, 6.45) is 1.52. The first-order valence-electron chi connectivity index (χ1n) is 5.90. The molecule has 0 aliphatic carbocycles. The van der Waals surface area contributed by atoms with Gasteiger partial charge in [0.2, 0.25) is 5.91 Å². The van der Waals surface area contributed by atoms with E-state index in [0.29, 0.717) is 5.76 Å². The van der Waals surface area contributed by atoms with Gasteiger partial charge in [-0.15, -0.1) is 0 Å². The van der Waals surface area contributed by atoms with Crippen molar-refractivity contribution in [2.24, 2.45) is 5.92 Å². The Hall–Kier alpha value is -1.78. The van der Waals surface area contributed by atoms with Gasteiger partial charge in [-0.3, -0.25) is 9.59 Å². The summed E-state index contributed by atoms with van der Waals surface area (Å²) in [7, 11) is 0. The number of likely N-dealkylation sites (tertiary alicyclic amines) is 1. The molecule has 98 valence electrons. The molecule has 1 aliphatic rings. The first-order valence-corrected chi connectivity index (χ1v) is 5.90. The van der Waals surface area contributed by atoms with Crippen LogP contribution in [-0.4, -0.2) is 27.4 Å². The molecule has 2 rings (SSSR count).